The summed E-state index contributed by atoms with van der Waals surface area (Å²) in [4.78, 5) is 31.5. The first kappa shape index (κ1) is 23.2. The molecular formula is C24H21IN2O5S. The molecule has 170 valence electrons. The minimum Gasteiger partial charge on any atom is -0.504 e. The van der Waals surface area contributed by atoms with Crippen molar-refractivity contribution in [2.45, 2.75) is 19.9 Å². The number of phenolic OH excluding ortho intramolecular Hbond substituents is 1. The number of fused-ring (bicyclic) bond motifs is 1. The van der Waals surface area contributed by atoms with E-state index in [-0.39, 0.29) is 17.9 Å². The lowest BCUT2D eigenvalue weighted by Gasteiger charge is -2.24. The Labute approximate surface area is 207 Å². The number of halogens is 1. The van der Waals surface area contributed by atoms with E-state index in [1.165, 1.54) is 18.4 Å². The smallest absolute Gasteiger partial charge is 0.338 e. The SMILES string of the molecule is CCOC(=O)C1=C(C)N=c2s/c(=C/c3cc(I)c(O)c(OC)c3)c(=O)n2[C@@H]1c1ccccc1. The van der Waals surface area contributed by atoms with E-state index in [1.807, 2.05) is 52.9 Å². The van der Waals surface area contributed by atoms with Crippen molar-refractivity contribution >= 4 is 46.0 Å². The molecule has 0 amide bonds. The number of phenols is 1. The van der Waals surface area contributed by atoms with Crippen molar-refractivity contribution in [3.05, 3.63) is 88.1 Å². The van der Waals surface area contributed by atoms with E-state index in [0.717, 1.165) is 5.56 Å². The molecule has 33 heavy (non-hydrogen) atoms. The topological polar surface area (TPSA) is 90.1 Å². The van der Waals surface area contributed by atoms with Gasteiger partial charge in [-0.1, -0.05) is 41.7 Å². The quantitative estimate of drug-likeness (QED) is 0.373. The lowest BCUT2D eigenvalue weighted by molar-refractivity contribution is -0.139. The molecule has 2 heterocycles. The monoisotopic (exact) mass is 576 g/mol. The first-order chi connectivity index (χ1) is 15.8. The van der Waals surface area contributed by atoms with Gasteiger partial charge < -0.3 is 14.6 Å². The van der Waals surface area contributed by atoms with Crippen LogP contribution in [0, 0.1) is 3.57 Å². The zero-order chi connectivity index (χ0) is 23.7. The van der Waals surface area contributed by atoms with Crippen LogP contribution in [0.5, 0.6) is 11.5 Å². The maximum Gasteiger partial charge on any atom is 0.338 e. The van der Waals surface area contributed by atoms with Gasteiger partial charge in [-0.3, -0.25) is 9.36 Å². The van der Waals surface area contributed by atoms with E-state index >= 15 is 0 Å². The molecule has 1 aliphatic heterocycles. The molecule has 3 aromatic rings. The molecule has 4 rings (SSSR count). The van der Waals surface area contributed by atoms with Gasteiger partial charge in [0, 0.05) is 0 Å². The van der Waals surface area contributed by atoms with Crippen LogP contribution < -0.4 is 19.6 Å². The van der Waals surface area contributed by atoms with Crippen LogP contribution in [0.2, 0.25) is 0 Å². The molecule has 1 aliphatic rings. The molecule has 2 aromatic carbocycles. The summed E-state index contributed by atoms with van der Waals surface area (Å²) < 4.78 is 13.1. The first-order valence-electron chi connectivity index (χ1n) is 10.2. The Morgan fingerprint density at radius 3 is 2.70 bits per heavy atom. The fourth-order valence-electron chi connectivity index (χ4n) is 3.73. The second kappa shape index (κ2) is 9.52. The number of methoxy groups -OCH3 is 1. The number of esters is 1. The van der Waals surface area contributed by atoms with Crippen LogP contribution in [0.4, 0.5) is 0 Å². The molecule has 0 aliphatic carbocycles. The summed E-state index contributed by atoms with van der Waals surface area (Å²) in [6.45, 7) is 3.73. The van der Waals surface area contributed by atoms with Crippen LogP contribution in [0.15, 0.2) is 63.5 Å². The summed E-state index contributed by atoms with van der Waals surface area (Å²) in [5.74, 6) is -0.112. The second-order valence-electron chi connectivity index (χ2n) is 7.27. The molecule has 0 radical (unpaired) electrons. The molecule has 0 saturated heterocycles. The number of aromatic nitrogens is 1. The zero-order valence-corrected chi connectivity index (χ0v) is 21.1. The molecule has 0 unspecified atom stereocenters. The molecule has 0 spiro atoms. The van der Waals surface area contributed by atoms with Gasteiger partial charge in [0.05, 0.1) is 39.1 Å². The summed E-state index contributed by atoms with van der Waals surface area (Å²) in [6.07, 6.45) is 1.74. The van der Waals surface area contributed by atoms with Crippen LogP contribution in [0.3, 0.4) is 0 Å². The highest BCUT2D eigenvalue weighted by molar-refractivity contribution is 14.1. The number of ether oxygens (including phenoxy) is 2. The van der Waals surface area contributed by atoms with Crippen molar-refractivity contribution in [3.63, 3.8) is 0 Å². The third-order valence-corrected chi connectivity index (χ3v) is 7.01. The van der Waals surface area contributed by atoms with Crippen molar-refractivity contribution in [1.82, 2.24) is 4.57 Å². The highest BCUT2D eigenvalue weighted by Crippen LogP contribution is 2.33. The third-order valence-electron chi connectivity index (χ3n) is 5.20. The minimum atomic E-state index is -0.641. The van der Waals surface area contributed by atoms with Gasteiger partial charge in [0.2, 0.25) is 0 Å². The van der Waals surface area contributed by atoms with Crippen LogP contribution in [-0.4, -0.2) is 29.4 Å². The van der Waals surface area contributed by atoms with Gasteiger partial charge in [0.15, 0.2) is 16.3 Å². The van der Waals surface area contributed by atoms with Crippen molar-refractivity contribution in [3.8, 4) is 11.5 Å². The van der Waals surface area contributed by atoms with E-state index in [4.69, 9.17) is 9.47 Å². The molecule has 1 atom stereocenters. The van der Waals surface area contributed by atoms with E-state index in [0.29, 0.717) is 35.5 Å². The molecule has 9 heteroatoms. The molecule has 1 N–H and O–H groups in total. The molecule has 1 aromatic heterocycles. The molecule has 0 saturated carbocycles. The molecule has 7 nitrogen and oxygen atoms in total. The van der Waals surface area contributed by atoms with Crippen molar-refractivity contribution < 1.29 is 19.4 Å². The van der Waals surface area contributed by atoms with Gasteiger partial charge in [-0.05, 0) is 65.8 Å². The third kappa shape index (κ3) is 4.34. The summed E-state index contributed by atoms with van der Waals surface area (Å²) in [6, 6.07) is 12.2. The Bertz CT molecular complexity index is 1440. The number of nitrogens with zero attached hydrogens (tertiary/aromatic N) is 2. The van der Waals surface area contributed by atoms with Crippen molar-refractivity contribution in [1.29, 1.82) is 0 Å². The molecule has 0 bridgehead atoms. The van der Waals surface area contributed by atoms with Crippen molar-refractivity contribution in [2.24, 2.45) is 4.99 Å². The Hall–Kier alpha value is -2.92. The summed E-state index contributed by atoms with van der Waals surface area (Å²) in [7, 11) is 1.47. The number of rotatable bonds is 5. The number of thiazole rings is 1. The molecule has 0 fully saturated rings. The van der Waals surface area contributed by atoms with Gasteiger partial charge in [-0.25, -0.2) is 9.79 Å². The Morgan fingerprint density at radius 2 is 2.03 bits per heavy atom. The number of carbonyl (C=O) groups excluding carboxylic acids is 1. The van der Waals surface area contributed by atoms with E-state index in [9.17, 15) is 14.7 Å². The number of carbonyl (C=O) groups is 1. The highest BCUT2D eigenvalue weighted by atomic mass is 127. The van der Waals surface area contributed by atoms with Crippen molar-refractivity contribution in [2.75, 3.05) is 13.7 Å². The number of aromatic hydroxyl groups is 1. The van der Waals surface area contributed by atoms with Crippen LogP contribution in [0.1, 0.15) is 31.0 Å². The van der Waals surface area contributed by atoms with Crippen LogP contribution >= 0.6 is 33.9 Å². The van der Waals surface area contributed by atoms with Gasteiger partial charge in [-0.2, -0.15) is 0 Å². The second-order valence-corrected chi connectivity index (χ2v) is 9.44. The van der Waals surface area contributed by atoms with Crippen LogP contribution in [0.25, 0.3) is 6.08 Å². The number of allylic oxidation sites excluding steroid dienone is 1. The minimum absolute atomic E-state index is 0.0514. The Morgan fingerprint density at radius 1 is 1.30 bits per heavy atom. The summed E-state index contributed by atoms with van der Waals surface area (Å²) >= 11 is 3.26. The lowest BCUT2D eigenvalue weighted by atomic mass is 9.96. The standard InChI is InChI=1S/C24H21IN2O5S/c1-4-32-23(30)19-13(2)26-24-27(20(19)15-8-6-5-7-9-15)22(29)18(33-24)12-14-10-16(25)21(28)17(11-14)31-3/h5-12,20,28H,4H2,1-3H3/b18-12+/t20-/m1/s1. The average molecular weight is 576 g/mol. The van der Waals surface area contributed by atoms with Crippen LogP contribution in [-0.2, 0) is 9.53 Å². The van der Waals surface area contributed by atoms with E-state index in [1.54, 1.807) is 36.6 Å². The fourth-order valence-corrected chi connectivity index (χ4v) is 5.40. The van der Waals surface area contributed by atoms with Gasteiger partial charge in [0.1, 0.15) is 0 Å². The predicted molar refractivity (Wildman–Crippen MR) is 134 cm³/mol. The van der Waals surface area contributed by atoms with E-state index < -0.39 is 12.0 Å². The normalized spacial score (nSPS) is 15.8. The first-order valence-corrected chi connectivity index (χ1v) is 12.1. The number of hydrogen-bond donors (Lipinski definition) is 1. The highest BCUT2D eigenvalue weighted by Gasteiger charge is 2.33. The number of hydrogen-bond acceptors (Lipinski definition) is 7. The summed E-state index contributed by atoms with van der Waals surface area (Å²) in [5.41, 5.74) is 2.11. The fraction of sp³-hybridized carbons (Fsp3) is 0.208. The summed E-state index contributed by atoms with van der Waals surface area (Å²) in [5, 5.41) is 10.1. The lowest BCUT2D eigenvalue weighted by Crippen LogP contribution is -2.39. The van der Waals surface area contributed by atoms with Gasteiger partial charge in [-0.15, -0.1) is 0 Å². The zero-order valence-electron chi connectivity index (χ0n) is 18.2. The Kier molecular flexibility index (Phi) is 6.71. The largest absolute Gasteiger partial charge is 0.504 e. The maximum absolute atomic E-state index is 13.6. The van der Waals surface area contributed by atoms with Gasteiger partial charge in [0.25, 0.3) is 5.56 Å². The average Bonchev–Trinajstić information content (AvgIpc) is 3.10. The predicted octanol–water partition coefficient (Wildman–Crippen LogP) is 3.12. The molecular weight excluding hydrogens is 555 g/mol. The van der Waals surface area contributed by atoms with Gasteiger partial charge >= 0.3 is 5.97 Å². The van der Waals surface area contributed by atoms with E-state index in [2.05, 4.69) is 4.99 Å². The Balaban J connectivity index is 1.95. The maximum atomic E-state index is 13.6. The number of benzene rings is 2.